The number of ether oxygens (including phenoxy) is 2. The smallest absolute Gasteiger partial charge is 0.229 e. The van der Waals surface area contributed by atoms with Gasteiger partial charge in [-0.1, -0.05) is 0 Å². The van der Waals surface area contributed by atoms with E-state index in [1.165, 1.54) is 0 Å². The summed E-state index contributed by atoms with van der Waals surface area (Å²) in [5.41, 5.74) is 4.81. The Kier molecular flexibility index (Phi) is 5.48. The molecule has 31 heavy (non-hydrogen) atoms. The van der Waals surface area contributed by atoms with E-state index in [2.05, 4.69) is 4.72 Å². The first kappa shape index (κ1) is 20.6. The van der Waals surface area contributed by atoms with Crippen LogP contribution in [0.15, 0.2) is 66.7 Å². The molecule has 0 atom stereocenters. The minimum absolute atomic E-state index is 0.433. The number of aromatic nitrogens is 2. The van der Waals surface area contributed by atoms with Crippen molar-refractivity contribution in [1.82, 2.24) is 9.97 Å². The summed E-state index contributed by atoms with van der Waals surface area (Å²) in [6, 6.07) is 20.3. The number of rotatable bonds is 6. The largest absolute Gasteiger partial charge is 0.497 e. The number of benzene rings is 3. The molecule has 0 aliphatic carbocycles. The molecule has 1 heterocycles. The minimum Gasteiger partial charge on any atom is -0.497 e. The Hall–Kier alpha value is -3.65. The van der Waals surface area contributed by atoms with Gasteiger partial charge in [-0.05, 0) is 66.7 Å². The molecule has 1 N–H and O–H groups in total. The highest BCUT2D eigenvalue weighted by Crippen LogP contribution is 2.33. The van der Waals surface area contributed by atoms with E-state index in [-0.39, 0.29) is 0 Å². The quantitative estimate of drug-likeness (QED) is 0.484. The number of hydrogen-bond acceptors (Lipinski definition) is 6. The number of sulfonamides is 1. The number of anilines is 1. The van der Waals surface area contributed by atoms with Gasteiger partial charge < -0.3 is 9.47 Å². The van der Waals surface area contributed by atoms with Crippen molar-refractivity contribution in [3.05, 3.63) is 66.7 Å². The zero-order valence-corrected chi connectivity index (χ0v) is 18.1. The third-order valence-corrected chi connectivity index (χ3v) is 5.30. The van der Waals surface area contributed by atoms with Crippen molar-refractivity contribution in [3.63, 3.8) is 0 Å². The number of fused-ring (bicyclic) bond motifs is 1. The van der Waals surface area contributed by atoms with Gasteiger partial charge in [0.15, 0.2) is 0 Å². The topological polar surface area (TPSA) is 90.4 Å². The molecule has 0 saturated carbocycles. The molecule has 0 fully saturated rings. The van der Waals surface area contributed by atoms with Gasteiger partial charge in [-0.3, -0.25) is 4.72 Å². The van der Waals surface area contributed by atoms with Crippen LogP contribution in [0.3, 0.4) is 0 Å². The van der Waals surface area contributed by atoms with Crippen LogP contribution < -0.4 is 14.2 Å². The number of hydrogen-bond donors (Lipinski definition) is 1. The second-order valence-electron chi connectivity index (χ2n) is 6.96. The number of nitrogens with zero attached hydrogens (tertiary/aromatic N) is 2. The SMILES string of the molecule is COc1ccc(-c2nc3ccc(NS(C)(=O)=O)cc3nc2-c2ccc(OC)cc2)cc1. The molecule has 4 rings (SSSR count). The molecule has 1 aromatic heterocycles. The van der Waals surface area contributed by atoms with E-state index in [1.807, 2.05) is 48.5 Å². The summed E-state index contributed by atoms with van der Waals surface area (Å²) in [5.74, 6) is 1.49. The zero-order valence-electron chi connectivity index (χ0n) is 17.3. The van der Waals surface area contributed by atoms with Gasteiger partial charge in [0.25, 0.3) is 0 Å². The maximum absolute atomic E-state index is 11.6. The van der Waals surface area contributed by atoms with Gasteiger partial charge in [0.2, 0.25) is 10.0 Å². The van der Waals surface area contributed by atoms with Gasteiger partial charge in [0.05, 0.1) is 48.6 Å². The van der Waals surface area contributed by atoms with Crippen LogP contribution in [0.4, 0.5) is 5.69 Å². The molecule has 3 aromatic carbocycles. The van der Waals surface area contributed by atoms with Crippen molar-refractivity contribution in [1.29, 1.82) is 0 Å². The van der Waals surface area contributed by atoms with Crippen molar-refractivity contribution in [2.45, 2.75) is 0 Å². The van der Waals surface area contributed by atoms with Gasteiger partial charge >= 0.3 is 0 Å². The summed E-state index contributed by atoms with van der Waals surface area (Å²) in [4.78, 5) is 9.69. The van der Waals surface area contributed by atoms with E-state index >= 15 is 0 Å². The average Bonchev–Trinajstić information content (AvgIpc) is 2.77. The van der Waals surface area contributed by atoms with Crippen molar-refractivity contribution >= 4 is 26.7 Å². The Balaban J connectivity index is 1.91. The summed E-state index contributed by atoms with van der Waals surface area (Å²) in [6.07, 6.45) is 1.11. The molecular formula is C23H21N3O4S. The fraction of sp³-hybridized carbons (Fsp3) is 0.130. The van der Waals surface area contributed by atoms with E-state index in [0.29, 0.717) is 28.1 Å². The van der Waals surface area contributed by atoms with E-state index in [1.54, 1.807) is 32.4 Å². The highest BCUT2D eigenvalue weighted by Gasteiger charge is 2.15. The third kappa shape index (κ3) is 4.59. The lowest BCUT2D eigenvalue weighted by Crippen LogP contribution is -2.09. The highest BCUT2D eigenvalue weighted by molar-refractivity contribution is 7.92. The molecular weight excluding hydrogens is 414 g/mol. The fourth-order valence-electron chi connectivity index (χ4n) is 3.23. The van der Waals surface area contributed by atoms with Crippen LogP contribution in [0.5, 0.6) is 11.5 Å². The van der Waals surface area contributed by atoms with Gasteiger partial charge in [-0.25, -0.2) is 18.4 Å². The van der Waals surface area contributed by atoms with Crippen LogP contribution in [0.2, 0.25) is 0 Å². The Morgan fingerprint density at radius 3 is 1.65 bits per heavy atom. The molecule has 0 unspecified atom stereocenters. The normalized spacial score (nSPS) is 11.3. The molecule has 8 heteroatoms. The van der Waals surface area contributed by atoms with Crippen LogP contribution in [0, 0.1) is 0 Å². The second-order valence-corrected chi connectivity index (χ2v) is 8.70. The Morgan fingerprint density at radius 2 is 1.19 bits per heavy atom. The molecule has 0 aliphatic heterocycles. The van der Waals surface area contributed by atoms with Gasteiger partial charge in [0, 0.05) is 11.1 Å². The van der Waals surface area contributed by atoms with E-state index in [4.69, 9.17) is 19.4 Å². The second kappa shape index (κ2) is 8.23. The maximum atomic E-state index is 11.6. The Bertz CT molecular complexity index is 1340. The highest BCUT2D eigenvalue weighted by atomic mass is 32.2. The van der Waals surface area contributed by atoms with Crippen LogP contribution >= 0.6 is 0 Å². The molecule has 0 saturated heterocycles. The number of methoxy groups -OCH3 is 2. The first-order chi connectivity index (χ1) is 14.9. The molecule has 158 valence electrons. The van der Waals surface area contributed by atoms with E-state index < -0.39 is 10.0 Å². The summed E-state index contributed by atoms with van der Waals surface area (Å²) in [7, 11) is -0.162. The molecule has 0 radical (unpaired) electrons. The summed E-state index contributed by atoms with van der Waals surface area (Å²) in [5, 5.41) is 0. The summed E-state index contributed by atoms with van der Waals surface area (Å²) in [6.45, 7) is 0. The van der Waals surface area contributed by atoms with Crippen LogP contribution in [-0.4, -0.2) is 38.9 Å². The molecule has 7 nitrogen and oxygen atoms in total. The fourth-order valence-corrected chi connectivity index (χ4v) is 3.79. The predicted molar refractivity (Wildman–Crippen MR) is 122 cm³/mol. The molecule has 0 amide bonds. The lowest BCUT2D eigenvalue weighted by molar-refractivity contribution is 0.414. The van der Waals surface area contributed by atoms with E-state index in [0.717, 1.165) is 28.9 Å². The van der Waals surface area contributed by atoms with Crippen molar-refractivity contribution in [3.8, 4) is 34.0 Å². The van der Waals surface area contributed by atoms with Crippen molar-refractivity contribution in [2.24, 2.45) is 0 Å². The van der Waals surface area contributed by atoms with Gasteiger partial charge in [0.1, 0.15) is 11.5 Å². The predicted octanol–water partition coefficient (Wildman–Crippen LogP) is 4.35. The molecule has 4 aromatic rings. The average molecular weight is 436 g/mol. The number of nitrogens with one attached hydrogen (secondary N) is 1. The molecule has 0 spiro atoms. The first-order valence-corrected chi connectivity index (χ1v) is 11.3. The maximum Gasteiger partial charge on any atom is 0.229 e. The monoisotopic (exact) mass is 435 g/mol. The molecule has 0 bridgehead atoms. The standard InChI is InChI=1S/C23H21N3O4S/c1-29-18-9-4-15(5-10-18)22-23(16-6-11-19(30-2)12-7-16)25-21-14-17(26-31(3,27)28)8-13-20(21)24-22/h4-14,26H,1-3H3. The van der Waals surface area contributed by atoms with Gasteiger partial charge in [-0.2, -0.15) is 0 Å². The molecule has 0 aliphatic rings. The van der Waals surface area contributed by atoms with Crippen LogP contribution in [0.1, 0.15) is 0 Å². The van der Waals surface area contributed by atoms with Crippen LogP contribution in [0.25, 0.3) is 33.5 Å². The Labute approximate surface area is 180 Å². The van der Waals surface area contributed by atoms with Gasteiger partial charge in [-0.15, -0.1) is 0 Å². The Morgan fingerprint density at radius 1 is 0.710 bits per heavy atom. The van der Waals surface area contributed by atoms with Crippen molar-refractivity contribution in [2.75, 3.05) is 25.2 Å². The minimum atomic E-state index is -3.40. The van der Waals surface area contributed by atoms with Crippen LogP contribution in [-0.2, 0) is 10.0 Å². The first-order valence-electron chi connectivity index (χ1n) is 9.45. The van der Waals surface area contributed by atoms with Crippen molar-refractivity contribution < 1.29 is 17.9 Å². The zero-order chi connectivity index (χ0) is 22.0. The van der Waals surface area contributed by atoms with E-state index in [9.17, 15) is 8.42 Å². The summed E-state index contributed by atoms with van der Waals surface area (Å²) < 4.78 is 36.2. The third-order valence-electron chi connectivity index (χ3n) is 4.69. The lowest BCUT2D eigenvalue weighted by Gasteiger charge is -2.12. The summed E-state index contributed by atoms with van der Waals surface area (Å²) >= 11 is 0. The lowest BCUT2D eigenvalue weighted by atomic mass is 10.0.